The van der Waals surface area contributed by atoms with Crippen molar-refractivity contribution >= 4 is 11.7 Å². The molecule has 0 saturated carbocycles. The van der Waals surface area contributed by atoms with Gasteiger partial charge < -0.3 is 4.90 Å². The third-order valence-corrected chi connectivity index (χ3v) is 2.87. The lowest BCUT2D eigenvalue weighted by molar-refractivity contribution is -0.130. The number of halogens is 2. The number of hydrogen-bond acceptors (Lipinski definition) is 2. The highest BCUT2D eigenvalue weighted by molar-refractivity contribution is 5.97. The molecule has 0 saturated heterocycles. The Kier molecular flexibility index (Phi) is 5.80. The highest BCUT2D eigenvalue weighted by atomic mass is 19.2. The number of benzene rings is 1. The summed E-state index contributed by atoms with van der Waals surface area (Å²) in [6, 6.07) is 3.00. The minimum Gasteiger partial charge on any atom is -0.345 e. The van der Waals surface area contributed by atoms with Crippen molar-refractivity contribution in [1.82, 2.24) is 4.90 Å². The zero-order valence-electron chi connectivity index (χ0n) is 12.0. The Hall–Kier alpha value is -1.78. The van der Waals surface area contributed by atoms with Gasteiger partial charge in [-0.2, -0.15) is 0 Å². The molecule has 0 radical (unpaired) electrons. The van der Waals surface area contributed by atoms with Crippen molar-refractivity contribution < 1.29 is 18.4 Å². The van der Waals surface area contributed by atoms with E-state index in [9.17, 15) is 18.4 Å². The van der Waals surface area contributed by atoms with Gasteiger partial charge >= 0.3 is 0 Å². The second-order valence-electron chi connectivity index (χ2n) is 5.22. The number of carbonyl (C=O) groups excluding carboxylic acids is 2. The number of ketones is 1. The highest BCUT2D eigenvalue weighted by Crippen LogP contribution is 2.12. The molecule has 0 aliphatic rings. The van der Waals surface area contributed by atoms with E-state index in [1.807, 2.05) is 13.8 Å². The average Bonchev–Trinajstić information content (AvgIpc) is 2.37. The molecule has 0 aromatic heterocycles. The minimum absolute atomic E-state index is 0.00760. The molecule has 1 aromatic carbocycles. The van der Waals surface area contributed by atoms with E-state index in [2.05, 4.69) is 0 Å². The Bertz CT molecular complexity index is 501. The fourth-order valence-corrected chi connectivity index (χ4v) is 1.87. The summed E-state index contributed by atoms with van der Waals surface area (Å²) < 4.78 is 25.8. The van der Waals surface area contributed by atoms with E-state index in [-0.39, 0.29) is 30.1 Å². The molecule has 0 aliphatic heterocycles. The zero-order chi connectivity index (χ0) is 15.3. The van der Waals surface area contributed by atoms with Gasteiger partial charge in [-0.15, -0.1) is 0 Å². The summed E-state index contributed by atoms with van der Waals surface area (Å²) in [6.07, 6.45) is 0.0629. The predicted molar refractivity (Wildman–Crippen MR) is 72.4 cm³/mol. The predicted octanol–water partition coefficient (Wildman–Crippen LogP) is 3.04. The van der Waals surface area contributed by atoms with Gasteiger partial charge in [0.25, 0.3) is 0 Å². The Labute approximate surface area is 117 Å². The van der Waals surface area contributed by atoms with Crippen LogP contribution in [0.15, 0.2) is 18.2 Å². The van der Waals surface area contributed by atoms with Crippen LogP contribution in [0, 0.1) is 17.6 Å². The minimum atomic E-state index is -1.06. The number of amides is 1. The van der Waals surface area contributed by atoms with Gasteiger partial charge in [0.2, 0.25) is 5.91 Å². The van der Waals surface area contributed by atoms with Crippen LogP contribution in [-0.4, -0.2) is 30.2 Å². The first-order valence-corrected chi connectivity index (χ1v) is 6.53. The third-order valence-electron chi connectivity index (χ3n) is 2.87. The smallest absolute Gasteiger partial charge is 0.222 e. The number of rotatable bonds is 6. The lowest BCUT2D eigenvalue weighted by atomic mass is 10.1. The quantitative estimate of drug-likeness (QED) is 0.752. The number of Topliss-reactive ketones (excluding diaryl/α,β-unsaturated/α-hetero) is 1. The van der Waals surface area contributed by atoms with Crippen molar-refractivity contribution in [1.29, 1.82) is 0 Å². The fourth-order valence-electron chi connectivity index (χ4n) is 1.87. The Morgan fingerprint density at radius 1 is 1.15 bits per heavy atom. The maximum atomic E-state index is 13.0. The lowest BCUT2D eigenvalue weighted by Crippen LogP contribution is -2.30. The molecular formula is C15H19F2NO2. The first-order valence-electron chi connectivity index (χ1n) is 6.53. The molecule has 0 spiro atoms. The number of hydrogen-bond donors (Lipinski definition) is 0. The van der Waals surface area contributed by atoms with E-state index in [0.29, 0.717) is 12.5 Å². The summed E-state index contributed by atoms with van der Waals surface area (Å²) in [5, 5.41) is 0. The Morgan fingerprint density at radius 2 is 1.80 bits per heavy atom. The lowest BCUT2D eigenvalue weighted by Gasteiger charge is -2.19. The normalized spacial score (nSPS) is 10.7. The molecule has 1 rings (SSSR count). The molecule has 3 nitrogen and oxygen atoms in total. The molecular weight excluding hydrogens is 264 g/mol. The van der Waals surface area contributed by atoms with E-state index in [4.69, 9.17) is 0 Å². The van der Waals surface area contributed by atoms with Crippen molar-refractivity contribution in [3.8, 4) is 0 Å². The van der Waals surface area contributed by atoms with Gasteiger partial charge in [0, 0.05) is 32.0 Å². The summed E-state index contributed by atoms with van der Waals surface area (Å²) >= 11 is 0. The van der Waals surface area contributed by atoms with E-state index in [1.54, 1.807) is 11.9 Å². The van der Waals surface area contributed by atoms with Gasteiger partial charge in [-0.1, -0.05) is 13.8 Å². The molecule has 0 unspecified atom stereocenters. The van der Waals surface area contributed by atoms with Crippen LogP contribution in [0.25, 0.3) is 0 Å². The second kappa shape index (κ2) is 7.12. The van der Waals surface area contributed by atoms with Crippen molar-refractivity contribution in [2.45, 2.75) is 26.7 Å². The first-order chi connectivity index (χ1) is 9.31. The van der Waals surface area contributed by atoms with Gasteiger partial charge in [-0.3, -0.25) is 9.59 Å². The molecule has 110 valence electrons. The van der Waals surface area contributed by atoms with Crippen molar-refractivity contribution in [2.24, 2.45) is 5.92 Å². The molecule has 0 aliphatic carbocycles. The monoisotopic (exact) mass is 283 g/mol. The van der Waals surface area contributed by atoms with Crippen LogP contribution in [-0.2, 0) is 4.79 Å². The fraction of sp³-hybridized carbons (Fsp3) is 0.467. The summed E-state index contributed by atoms with van der Waals surface area (Å²) in [7, 11) is 1.68. The van der Waals surface area contributed by atoms with Crippen LogP contribution in [0.3, 0.4) is 0 Å². The van der Waals surface area contributed by atoms with E-state index >= 15 is 0 Å². The van der Waals surface area contributed by atoms with Gasteiger partial charge in [-0.25, -0.2) is 8.78 Å². The molecule has 0 fully saturated rings. The van der Waals surface area contributed by atoms with Gasteiger partial charge in [0.1, 0.15) is 0 Å². The Balaban J connectivity index is 2.54. The largest absolute Gasteiger partial charge is 0.345 e. The molecule has 20 heavy (non-hydrogen) atoms. The maximum absolute atomic E-state index is 13.0. The van der Waals surface area contributed by atoms with E-state index in [0.717, 1.165) is 12.1 Å². The van der Waals surface area contributed by atoms with Gasteiger partial charge in [-0.05, 0) is 24.1 Å². The van der Waals surface area contributed by atoms with Gasteiger partial charge in [0.05, 0.1) is 0 Å². The first kappa shape index (κ1) is 16.3. The number of nitrogens with zero attached hydrogens (tertiary/aromatic N) is 1. The van der Waals surface area contributed by atoms with Crippen LogP contribution in [0.4, 0.5) is 8.78 Å². The standard InChI is InChI=1S/C15H19F2NO2/c1-10(2)9-18(3)15(20)7-6-14(19)11-4-5-12(16)13(17)8-11/h4-5,8,10H,6-7,9H2,1-3H3. The van der Waals surface area contributed by atoms with E-state index < -0.39 is 11.6 Å². The Morgan fingerprint density at radius 3 is 2.35 bits per heavy atom. The van der Waals surface area contributed by atoms with Crippen LogP contribution in [0.5, 0.6) is 0 Å². The molecule has 5 heteroatoms. The zero-order valence-corrected chi connectivity index (χ0v) is 12.0. The second-order valence-corrected chi connectivity index (χ2v) is 5.22. The van der Waals surface area contributed by atoms with Crippen LogP contribution in [0.1, 0.15) is 37.0 Å². The van der Waals surface area contributed by atoms with Gasteiger partial charge in [0.15, 0.2) is 17.4 Å². The van der Waals surface area contributed by atoms with E-state index in [1.165, 1.54) is 6.07 Å². The SMILES string of the molecule is CC(C)CN(C)C(=O)CCC(=O)c1ccc(F)c(F)c1. The molecule has 0 N–H and O–H groups in total. The average molecular weight is 283 g/mol. The van der Waals surface area contributed by atoms with Crippen molar-refractivity contribution in [3.05, 3.63) is 35.4 Å². The summed E-state index contributed by atoms with van der Waals surface area (Å²) in [5.41, 5.74) is 0.0863. The summed E-state index contributed by atoms with van der Waals surface area (Å²) in [4.78, 5) is 25.1. The van der Waals surface area contributed by atoms with Crippen LogP contribution >= 0.6 is 0 Å². The third kappa shape index (κ3) is 4.72. The molecule has 1 amide bonds. The molecule has 1 aromatic rings. The topological polar surface area (TPSA) is 37.4 Å². The maximum Gasteiger partial charge on any atom is 0.222 e. The highest BCUT2D eigenvalue weighted by Gasteiger charge is 2.14. The van der Waals surface area contributed by atoms with Crippen LogP contribution in [0.2, 0.25) is 0 Å². The molecule has 0 bridgehead atoms. The van der Waals surface area contributed by atoms with Crippen molar-refractivity contribution in [2.75, 3.05) is 13.6 Å². The molecule has 0 heterocycles. The summed E-state index contributed by atoms with van der Waals surface area (Å²) in [6.45, 7) is 4.62. The molecule has 0 atom stereocenters. The summed E-state index contributed by atoms with van der Waals surface area (Å²) in [5.74, 6) is -2.19. The van der Waals surface area contributed by atoms with Crippen LogP contribution < -0.4 is 0 Å². The van der Waals surface area contributed by atoms with Crippen molar-refractivity contribution in [3.63, 3.8) is 0 Å². The number of carbonyl (C=O) groups is 2.